The van der Waals surface area contributed by atoms with E-state index in [9.17, 15) is 13.2 Å². The molecule has 1 aromatic carbocycles. The van der Waals surface area contributed by atoms with Crippen LogP contribution in [-0.2, 0) is 19.4 Å². The van der Waals surface area contributed by atoms with Gasteiger partial charge in [0.15, 0.2) is 9.84 Å². The summed E-state index contributed by atoms with van der Waals surface area (Å²) in [6.45, 7) is 5.03. The molecule has 0 saturated carbocycles. The maximum atomic E-state index is 12.7. The summed E-state index contributed by atoms with van der Waals surface area (Å²) in [5, 5.41) is 2.79. The minimum atomic E-state index is -3.65. The predicted octanol–water partition coefficient (Wildman–Crippen LogP) is 1.78. The van der Waals surface area contributed by atoms with Crippen LogP contribution in [-0.4, -0.2) is 33.9 Å². The van der Waals surface area contributed by atoms with Crippen LogP contribution in [0, 0.1) is 0 Å². The van der Waals surface area contributed by atoms with Crippen molar-refractivity contribution in [3.8, 4) is 5.75 Å². The van der Waals surface area contributed by atoms with Gasteiger partial charge in [-0.1, -0.05) is 18.2 Å². The van der Waals surface area contributed by atoms with Gasteiger partial charge in [0.2, 0.25) is 0 Å². The molecule has 1 heterocycles. The molecule has 8 heteroatoms. The van der Waals surface area contributed by atoms with E-state index in [1.165, 1.54) is 7.11 Å². The number of ether oxygens (including phenoxy) is 2. The summed E-state index contributed by atoms with van der Waals surface area (Å²) >= 11 is 0. The minimum absolute atomic E-state index is 0.0502. The van der Waals surface area contributed by atoms with E-state index in [0.717, 1.165) is 6.26 Å². The van der Waals surface area contributed by atoms with Crippen molar-refractivity contribution in [2.24, 2.45) is 5.73 Å². The monoisotopic (exact) mass is 380 g/mol. The summed E-state index contributed by atoms with van der Waals surface area (Å²) in [4.78, 5) is 12.8. The Hall–Kier alpha value is -2.48. The minimum Gasteiger partial charge on any atom is -0.496 e. The molecule has 142 valence electrons. The van der Waals surface area contributed by atoms with Crippen LogP contribution in [0.2, 0.25) is 0 Å². The molecule has 3 N–H and O–H groups in total. The Morgan fingerprint density at radius 2 is 1.88 bits per heavy atom. The van der Waals surface area contributed by atoms with Crippen molar-refractivity contribution < 1.29 is 22.7 Å². The molecule has 0 bridgehead atoms. The fourth-order valence-corrected chi connectivity index (χ4v) is 4.31. The van der Waals surface area contributed by atoms with E-state index in [2.05, 4.69) is 5.32 Å². The fraction of sp³-hybridized carbons (Fsp3) is 0.389. The van der Waals surface area contributed by atoms with E-state index >= 15 is 0 Å². The summed E-state index contributed by atoms with van der Waals surface area (Å²) in [6, 6.07) is 6.92. The summed E-state index contributed by atoms with van der Waals surface area (Å²) in [7, 11) is -2.17. The number of hydrogen-bond acceptors (Lipinski definition) is 7. The van der Waals surface area contributed by atoms with Gasteiger partial charge in [0.1, 0.15) is 11.6 Å². The highest BCUT2D eigenvalue weighted by Gasteiger charge is 2.40. The topological polar surface area (TPSA) is 108 Å². The average molecular weight is 380 g/mol. The standard InChI is InChI=1S/C18H24N2O5S/c1-10(2)25-18(21)15-14(12-8-6-7-9-13(12)24-4)16(26(5,22)23)11(3)20-17(15)19/h6-10,14,20H,19H2,1-5H3. The second-order valence-electron chi connectivity index (χ2n) is 6.34. The van der Waals surface area contributed by atoms with Crippen molar-refractivity contribution in [2.75, 3.05) is 13.4 Å². The number of carbonyl (C=O) groups excluding carboxylic acids is 1. The lowest BCUT2D eigenvalue weighted by Crippen LogP contribution is -2.36. The number of methoxy groups -OCH3 is 1. The SMILES string of the molecule is COc1ccccc1C1C(C(=O)OC(C)C)=C(N)NC(C)=C1S(C)(=O)=O. The van der Waals surface area contributed by atoms with E-state index in [1.807, 2.05) is 0 Å². The Balaban J connectivity index is 2.77. The van der Waals surface area contributed by atoms with Crippen LogP contribution in [0.25, 0.3) is 0 Å². The van der Waals surface area contributed by atoms with Gasteiger partial charge in [0, 0.05) is 17.5 Å². The largest absolute Gasteiger partial charge is 0.496 e. The van der Waals surface area contributed by atoms with Gasteiger partial charge in [0.05, 0.1) is 29.6 Å². The highest BCUT2D eigenvalue weighted by atomic mass is 32.2. The van der Waals surface area contributed by atoms with Crippen molar-refractivity contribution in [1.29, 1.82) is 0 Å². The molecule has 0 aliphatic carbocycles. The number of hydrogen-bond donors (Lipinski definition) is 2. The first-order valence-corrected chi connectivity index (χ1v) is 9.98. The summed E-state index contributed by atoms with van der Waals surface area (Å²) in [6.07, 6.45) is 0.720. The highest BCUT2D eigenvalue weighted by molar-refractivity contribution is 7.94. The van der Waals surface area contributed by atoms with Gasteiger partial charge >= 0.3 is 5.97 Å². The van der Waals surface area contributed by atoms with Crippen molar-refractivity contribution in [1.82, 2.24) is 5.32 Å². The molecule has 2 rings (SSSR count). The molecule has 26 heavy (non-hydrogen) atoms. The molecular formula is C18H24N2O5S. The first-order chi connectivity index (χ1) is 12.1. The third-order valence-electron chi connectivity index (χ3n) is 3.94. The Morgan fingerprint density at radius 3 is 2.42 bits per heavy atom. The Kier molecular flexibility index (Phi) is 5.65. The molecule has 1 aliphatic rings. The first kappa shape index (κ1) is 19.8. The van der Waals surface area contributed by atoms with Crippen LogP contribution < -0.4 is 15.8 Å². The maximum Gasteiger partial charge on any atom is 0.338 e. The van der Waals surface area contributed by atoms with Gasteiger partial charge in [-0.15, -0.1) is 0 Å². The lowest BCUT2D eigenvalue weighted by molar-refractivity contribution is -0.143. The smallest absolute Gasteiger partial charge is 0.338 e. The van der Waals surface area contributed by atoms with E-state index in [4.69, 9.17) is 15.2 Å². The maximum absolute atomic E-state index is 12.7. The third kappa shape index (κ3) is 3.85. The number of nitrogens with one attached hydrogen (secondary N) is 1. The van der Waals surface area contributed by atoms with E-state index in [1.54, 1.807) is 45.0 Å². The molecule has 0 fully saturated rings. The zero-order chi connectivity index (χ0) is 19.6. The van der Waals surface area contributed by atoms with Gasteiger partial charge in [-0.3, -0.25) is 0 Å². The van der Waals surface area contributed by atoms with Crippen molar-refractivity contribution >= 4 is 15.8 Å². The van der Waals surface area contributed by atoms with Gasteiger partial charge in [-0.2, -0.15) is 0 Å². The normalized spacial score (nSPS) is 18.0. The Morgan fingerprint density at radius 1 is 1.27 bits per heavy atom. The highest BCUT2D eigenvalue weighted by Crippen LogP contribution is 2.43. The molecule has 1 unspecified atom stereocenters. The number of carbonyl (C=O) groups is 1. The molecule has 1 aromatic rings. The van der Waals surface area contributed by atoms with Crippen LogP contribution in [0.3, 0.4) is 0 Å². The molecule has 0 spiro atoms. The number of allylic oxidation sites excluding steroid dienone is 2. The number of nitrogens with two attached hydrogens (primary N) is 1. The van der Waals surface area contributed by atoms with Crippen molar-refractivity contribution in [3.63, 3.8) is 0 Å². The number of sulfone groups is 1. The van der Waals surface area contributed by atoms with Gasteiger partial charge in [0.25, 0.3) is 0 Å². The van der Waals surface area contributed by atoms with Gasteiger partial charge in [-0.25, -0.2) is 13.2 Å². The van der Waals surface area contributed by atoms with Gasteiger partial charge < -0.3 is 20.5 Å². The molecule has 1 atom stereocenters. The second kappa shape index (κ2) is 7.41. The van der Waals surface area contributed by atoms with Crippen molar-refractivity contribution in [3.05, 3.63) is 51.8 Å². The third-order valence-corrected chi connectivity index (χ3v) is 5.29. The Bertz CT molecular complexity index is 885. The lowest BCUT2D eigenvalue weighted by atomic mass is 9.87. The zero-order valence-electron chi connectivity index (χ0n) is 15.5. The summed E-state index contributed by atoms with van der Waals surface area (Å²) in [5.74, 6) is -1.07. The molecule has 1 aliphatic heterocycles. The molecule has 0 saturated heterocycles. The number of para-hydroxylation sites is 1. The number of esters is 1. The molecule has 7 nitrogen and oxygen atoms in total. The number of rotatable bonds is 5. The van der Waals surface area contributed by atoms with Crippen LogP contribution in [0.4, 0.5) is 0 Å². The Labute approximate surface area is 153 Å². The molecule has 0 aromatic heterocycles. The summed E-state index contributed by atoms with van der Waals surface area (Å²) < 4.78 is 35.7. The van der Waals surface area contributed by atoms with E-state index in [-0.39, 0.29) is 22.4 Å². The van der Waals surface area contributed by atoms with Crippen LogP contribution >= 0.6 is 0 Å². The van der Waals surface area contributed by atoms with Crippen molar-refractivity contribution in [2.45, 2.75) is 32.8 Å². The predicted molar refractivity (Wildman–Crippen MR) is 98.9 cm³/mol. The van der Waals surface area contributed by atoms with Crippen LogP contribution in [0.1, 0.15) is 32.3 Å². The molecule has 0 radical (unpaired) electrons. The van der Waals surface area contributed by atoms with E-state index < -0.39 is 21.7 Å². The van der Waals surface area contributed by atoms with E-state index in [0.29, 0.717) is 17.0 Å². The number of dihydropyridines is 1. The zero-order valence-corrected chi connectivity index (χ0v) is 16.3. The lowest BCUT2D eigenvalue weighted by Gasteiger charge is -2.31. The average Bonchev–Trinajstić information content (AvgIpc) is 2.51. The quantitative estimate of drug-likeness (QED) is 0.750. The summed E-state index contributed by atoms with van der Waals surface area (Å²) in [5.41, 5.74) is 7.00. The fourth-order valence-electron chi connectivity index (χ4n) is 3.03. The second-order valence-corrected chi connectivity index (χ2v) is 8.33. The molecule has 0 amide bonds. The van der Waals surface area contributed by atoms with Crippen LogP contribution in [0.15, 0.2) is 46.3 Å². The van der Waals surface area contributed by atoms with Gasteiger partial charge in [-0.05, 0) is 26.8 Å². The molecular weight excluding hydrogens is 356 g/mol. The first-order valence-electron chi connectivity index (χ1n) is 8.09. The van der Waals surface area contributed by atoms with Crippen LogP contribution in [0.5, 0.6) is 5.75 Å². The number of benzene rings is 1.